The Morgan fingerprint density at radius 1 is 0.741 bits per heavy atom. The van der Waals surface area contributed by atoms with Crippen molar-refractivity contribution >= 4 is 21.7 Å². The van der Waals surface area contributed by atoms with Crippen molar-refractivity contribution in [1.29, 1.82) is 0 Å². The lowest BCUT2D eigenvalue weighted by Gasteiger charge is -2.10. The summed E-state index contributed by atoms with van der Waals surface area (Å²) in [4.78, 5) is 12.9. The summed E-state index contributed by atoms with van der Waals surface area (Å²) in [6, 6.07) is 22.4. The second-order valence-corrected chi connectivity index (χ2v) is 8.35. The summed E-state index contributed by atoms with van der Waals surface area (Å²) in [5.41, 5.74) is 3.01. The zero-order valence-electron chi connectivity index (χ0n) is 15.2. The number of ketones is 1. The van der Waals surface area contributed by atoms with E-state index in [0.717, 1.165) is 11.1 Å². The quantitative estimate of drug-likeness (QED) is 0.465. The highest BCUT2D eigenvalue weighted by atomic mass is 32.2. The highest BCUT2D eigenvalue weighted by Gasteiger charge is 2.27. The Labute approximate surface area is 159 Å². The number of hydrogen-bond donors (Lipinski definition) is 0. The van der Waals surface area contributed by atoms with Crippen LogP contribution < -0.4 is 0 Å². The fraction of sp³-hybridized carbons (Fsp3) is 0.0870. The second-order valence-electron chi connectivity index (χ2n) is 6.43. The Morgan fingerprint density at radius 3 is 1.81 bits per heavy atom. The van der Waals surface area contributed by atoms with E-state index in [-0.39, 0.29) is 9.80 Å². The first-order chi connectivity index (χ1) is 12.9. The minimum absolute atomic E-state index is 0.107. The number of benzene rings is 3. The van der Waals surface area contributed by atoms with Gasteiger partial charge in [-0.3, -0.25) is 4.79 Å². The molecule has 0 spiro atoms. The topological polar surface area (TPSA) is 51.2 Å². The molecule has 4 heteroatoms. The van der Waals surface area contributed by atoms with Crippen LogP contribution in [0.4, 0.5) is 0 Å². The molecule has 3 nitrogen and oxygen atoms in total. The van der Waals surface area contributed by atoms with Crippen LogP contribution in [-0.2, 0) is 9.84 Å². The molecule has 136 valence electrons. The largest absolute Gasteiger partial charge is 0.288 e. The summed E-state index contributed by atoms with van der Waals surface area (Å²) in [6.07, 6.45) is 1.45. The Hall–Kier alpha value is -2.98. The van der Waals surface area contributed by atoms with Crippen molar-refractivity contribution in [1.82, 2.24) is 0 Å². The molecule has 27 heavy (non-hydrogen) atoms. The van der Waals surface area contributed by atoms with Gasteiger partial charge in [0, 0.05) is 5.56 Å². The van der Waals surface area contributed by atoms with Gasteiger partial charge in [0.1, 0.15) is 4.91 Å². The predicted molar refractivity (Wildman–Crippen MR) is 108 cm³/mol. The molecular weight excluding hydrogens is 356 g/mol. The molecule has 0 aliphatic carbocycles. The van der Waals surface area contributed by atoms with E-state index in [2.05, 4.69) is 0 Å². The van der Waals surface area contributed by atoms with Gasteiger partial charge >= 0.3 is 0 Å². The molecule has 3 aromatic rings. The average Bonchev–Trinajstić information content (AvgIpc) is 2.68. The summed E-state index contributed by atoms with van der Waals surface area (Å²) >= 11 is 0. The van der Waals surface area contributed by atoms with Gasteiger partial charge in [0.25, 0.3) is 0 Å². The molecule has 0 N–H and O–H groups in total. The molecule has 0 saturated heterocycles. The first-order valence-corrected chi connectivity index (χ1v) is 10.1. The van der Waals surface area contributed by atoms with E-state index >= 15 is 0 Å². The Bertz CT molecular complexity index is 1080. The van der Waals surface area contributed by atoms with Gasteiger partial charge in [-0.05, 0) is 37.6 Å². The summed E-state index contributed by atoms with van der Waals surface area (Å²) in [5, 5.41) is 0. The van der Waals surface area contributed by atoms with E-state index in [9.17, 15) is 13.2 Å². The molecule has 0 aliphatic rings. The first kappa shape index (κ1) is 18.8. The molecule has 3 aromatic carbocycles. The van der Waals surface area contributed by atoms with E-state index in [1.165, 1.54) is 18.2 Å². The van der Waals surface area contributed by atoms with E-state index in [1.54, 1.807) is 54.6 Å². The van der Waals surface area contributed by atoms with Crippen LogP contribution in [0.15, 0.2) is 88.7 Å². The van der Waals surface area contributed by atoms with Crippen molar-refractivity contribution in [3.63, 3.8) is 0 Å². The molecule has 0 aliphatic heterocycles. The van der Waals surface area contributed by atoms with Gasteiger partial charge in [-0.15, -0.1) is 0 Å². The molecule has 0 saturated carbocycles. The monoisotopic (exact) mass is 376 g/mol. The van der Waals surface area contributed by atoms with Crippen LogP contribution in [0.3, 0.4) is 0 Å². The molecule has 0 fully saturated rings. The van der Waals surface area contributed by atoms with Gasteiger partial charge < -0.3 is 0 Å². The molecule has 0 unspecified atom stereocenters. The third kappa shape index (κ3) is 4.23. The fourth-order valence-corrected chi connectivity index (χ4v) is 4.06. The maximum absolute atomic E-state index is 13.2. The lowest BCUT2D eigenvalue weighted by molar-refractivity contribution is 0.104. The molecule has 0 amide bonds. The SMILES string of the molecule is Cc1ccc(/C=C(/C(=O)c2ccccc2)S(=O)(=O)c2ccc(C)cc2)cc1. The number of rotatable bonds is 5. The summed E-state index contributed by atoms with van der Waals surface area (Å²) in [6.45, 7) is 3.83. The normalized spacial score (nSPS) is 12.0. The molecule has 0 heterocycles. The third-order valence-corrected chi connectivity index (χ3v) is 6.03. The number of carbonyl (C=O) groups excluding carboxylic acids is 1. The van der Waals surface area contributed by atoms with Crippen LogP contribution in [0.2, 0.25) is 0 Å². The average molecular weight is 376 g/mol. The van der Waals surface area contributed by atoms with Crippen molar-refractivity contribution in [2.24, 2.45) is 0 Å². The highest BCUT2D eigenvalue weighted by molar-refractivity contribution is 7.96. The van der Waals surface area contributed by atoms with Crippen LogP contribution in [0, 0.1) is 13.8 Å². The minimum atomic E-state index is -3.96. The first-order valence-electron chi connectivity index (χ1n) is 8.58. The summed E-state index contributed by atoms with van der Waals surface area (Å²) in [7, 11) is -3.96. The van der Waals surface area contributed by atoms with Crippen LogP contribution >= 0.6 is 0 Å². The Morgan fingerprint density at radius 2 is 1.26 bits per heavy atom. The standard InChI is InChI=1S/C23H20O3S/c1-17-8-12-19(13-9-17)16-22(23(24)20-6-4-3-5-7-20)27(25,26)21-14-10-18(2)11-15-21/h3-16H,1-2H3/b22-16-. The van der Waals surface area contributed by atoms with Crippen LogP contribution in [0.1, 0.15) is 27.0 Å². The second kappa shape index (κ2) is 7.72. The van der Waals surface area contributed by atoms with Gasteiger partial charge in [-0.1, -0.05) is 77.9 Å². The molecular formula is C23H20O3S. The summed E-state index contributed by atoms with van der Waals surface area (Å²) < 4.78 is 26.5. The molecule has 0 atom stereocenters. The van der Waals surface area contributed by atoms with E-state index in [0.29, 0.717) is 11.1 Å². The number of sulfone groups is 1. The van der Waals surface area contributed by atoms with Gasteiger partial charge in [-0.2, -0.15) is 0 Å². The van der Waals surface area contributed by atoms with Crippen molar-refractivity contribution in [2.45, 2.75) is 18.7 Å². The zero-order valence-corrected chi connectivity index (χ0v) is 16.0. The number of Topliss-reactive ketones (excluding diaryl/α,β-unsaturated/α-hetero) is 1. The maximum Gasteiger partial charge on any atom is 0.210 e. The lowest BCUT2D eigenvalue weighted by atomic mass is 10.1. The predicted octanol–water partition coefficient (Wildman–Crippen LogP) is 5.00. The third-order valence-electron chi connectivity index (χ3n) is 4.26. The molecule has 0 aromatic heterocycles. The van der Waals surface area contributed by atoms with Gasteiger partial charge in [-0.25, -0.2) is 8.42 Å². The van der Waals surface area contributed by atoms with Crippen molar-refractivity contribution in [3.8, 4) is 0 Å². The van der Waals surface area contributed by atoms with Crippen molar-refractivity contribution < 1.29 is 13.2 Å². The fourth-order valence-electron chi connectivity index (χ4n) is 2.66. The number of hydrogen-bond acceptors (Lipinski definition) is 3. The van der Waals surface area contributed by atoms with Crippen molar-refractivity contribution in [3.05, 3.63) is 106 Å². The van der Waals surface area contributed by atoms with Crippen LogP contribution in [0.5, 0.6) is 0 Å². The van der Waals surface area contributed by atoms with Crippen LogP contribution in [-0.4, -0.2) is 14.2 Å². The lowest BCUT2D eigenvalue weighted by Crippen LogP contribution is -2.14. The summed E-state index contributed by atoms with van der Waals surface area (Å²) in [5.74, 6) is -0.517. The van der Waals surface area contributed by atoms with Crippen molar-refractivity contribution in [2.75, 3.05) is 0 Å². The van der Waals surface area contributed by atoms with Gasteiger partial charge in [0.05, 0.1) is 4.90 Å². The van der Waals surface area contributed by atoms with Gasteiger partial charge in [0.2, 0.25) is 15.6 Å². The maximum atomic E-state index is 13.2. The zero-order chi connectivity index (χ0) is 19.4. The number of aryl methyl sites for hydroxylation is 2. The van der Waals surface area contributed by atoms with E-state index < -0.39 is 15.6 Å². The molecule has 0 bridgehead atoms. The Balaban J connectivity index is 2.16. The number of allylic oxidation sites excluding steroid dienone is 1. The molecule has 3 rings (SSSR count). The van der Waals surface area contributed by atoms with E-state index in [1.807, 2.05) is 26.0 Å². The minimum Gasteiger partial charge on any atom is -0.288 e. The van der Waals surface area contributed by atoms with Crippen LogP contribution in [0.25, 0.3) is 6.08 Å². The Kier molecular flexibility index (Phi) is 5.38. The highest BCUT2D eigenvalue weighted by Crippen LogP contribution is 2.25. The smallest absolute Gasteiger partial charge is 0.210 e. The number of carbonyl (C=O) groups is 1. The van der Waals surface area contributed by atoms with E-state index in [4.69, 9.17) is 0 Å². The molecule has 0 radical (unpaired) electrons. The van der Waals surface area contributed by atoms with Gasteiger partial charge in [0.15, 0.2) is 0 Å².